The summed E-state index contributed by atoms with van der Waals surface area (Å²) in [4.78, 5) is 9.12. The van der Waals surface area contributed by atoms with E-state index in [1.165, 1.54) is 0 Å². The van der Waals surface area contributed by atoms with Gasteiger partial charge in [0.1, 0.15) is 11.5 Å². The molecule has 2 N–H and O–H groups in total. The van der Waals surface area contributed by atoms with Crippen molar-refractivity contribution in [2.24, 2.45) is 0 Å². The van der Waals surface area contributed by atoms with E-state index < -0.39 is 0 Å². The van der Waals surface area contributed by atoms with Crippen LogP contribution in [0.4, 0.5) is 5.82 Å². The lowest BCUT2D eigenvalue weighted by atomic mass is 10.2. The first-order chi connectivity index (χ1) is 10.8. The zero-order chi connectivity index (χ0) is 14.9. The van der Waals surface area contributed by atoms with E-state index in [9.17, 15) is 0 Å². The molecule has 6 heteroatoms. The van der Waals surface area contributed by atoms with Gasteiger partial charge in [0.2, 0.25) is 0 Å². The summed E-state index contributed by atoms with van der Waals surface area (Å²) in [5.74, 6) is 0.897. The molecule has 4 rings (SSSR count). The Kier molecular flexibility index (Phi) is 3.23. The van der Waals surface area contributed by atoms with Crippen LogP contribution < -0.4 is 10.6 Å². The molecule has 0 aromatic carbocycles. The molecule has 0 bridgehead atoms. The van der Waals surface area contributed by atoms with Gasteiger partial charge in [0.05, 0.1) is 17.6 Å². The Balaban J connectivity index is 1.70. The molecule has 1 aliphatic rings. The minimum atomic E-state index is 0.449. The van der Waals surface area contributed by atoms with Gasteiger partial charge < -0.3 is 10.6 Å². The van der Waals surface area contributed by atoms with E-state index in [1.807, 2.05) is 48.0 Å². The molecule has 1 saturated heterocycles. The number of aromatic nitrogens is 4. The normalized spacial score (nSPS) is 18.0. The summed E-state index contributed by atoms with van der Waals surface area (Å²) in [6.45, 7) is 4.03. The van der Waals surface area contributed by atoms with Gasteiger partial charge in [-0.3, -0.25) is 0 Å². The number of nitrogens with zero attached hydrogens (tertiary/aromatic N) is 4. The second kappa shape index (κ2) is 5.38. The van der Waals surface area contributed by atoms with E-state index in [0.717, 1.165) is 48.1 Å². The molecule has 0 spiro atoms. The van der Waals surface area contributed by atoms with Crippen molar-refractivity contribution in [3.05, 3.63) is 42.2 Å². The van der Waals surface area contributed by atoms with Gasteiger partial charge in [-0.1, -0.05) is 6.07 Å². The van der Waals surface area contributed by atoms with Crippen molar-refractivity contribution in [1.29, 1.82) is 0 Å². The highest BCUT2D eigenvalue weighted by atomic mass is 15.3. The summed E-state index contributed by atoms with van der Waals surface area (Å²) >= 11 is 0. The van der Waals surface area contributed by atoms with Gasteiger partial charge in [0.15, 0.2) is 5.65 Å². The first-order valence-electron chi connectivity index (χ1n) is 7.56. The smallest absolute Gasteiger partial charge is 0.154 e. The van der Waals surface area contributed by atoms with Crippen LogP contribution in [0.1, 0.15) is 12.1 Å². The van der Waals surface area contributed by atoms with Crippen molar-refractivity contribution in [1.82, 2.24) is 24.9 Å². The molecule has 0 saturated carbocycles. The fourth-order valence-corrected chi connectivity index (χ4v) is 2.78. The molecule has 1 atom stereocenters. The fourth-order valence-electron chi connectivity index (χ4n) is 2.78. The second-order valence-corrected chi connectivity index (χ2v) is 5.63. The first-order valence-corrected chi connectivity index (χ1v) is 7.56. The monoisotopic (exact) mass is 294 g/mol. The SMILES string of the molecule is Cc1ccc2ncc(-c3cccc(NC4CCNC4)n3)n2n1. The third-order valence-electron chi connectivity index (χ3n) is 3.92. The average molecular weight is 294 g/mol. The van der Waals surface area contributed by atoms with Gasteiger partial charge in [0.25, 0.3) is 0 Å². The number of anilines is 1. The lowest BCUT2D eigenvalue weighted by Crippen LogP contribution is -2.22. The molecule has 112 valence electrons. The molecular formula is C16H18N6. The van der Waals surface area contributed by atoms with Crippen LogP contribution in [0.2, 0.25) is 0 Å². The lowest BCUT2D eigenvalue weighted by Gasteiger charge is -2.12. The van der Waals surface area contributed by atoms with E-state index in [2.05, 4.69) is 20.7 Å². The Bertz CT molecular complexity index is 803. The highest BCUT2D eigenvalue weighted by molar-refractivity contribution is 5.61. The third-order valence-corrected chi connectivity index (χ3v) is 3.92. The summed E-state index contributed by atoms with van der Waals surface area (Å²) in [6.07, 6.45) is 2.95. The molecule has 6 nitrogen and oxygen atoms in total. The second-order valence-electron chi connectivity index (χ2n) is 5.63. The van der Waals surface area contributed by atoms with Gasteiger partial charge in [-0.25, -0.2) is 14.5 Å². The van der Waals surface area contributed by atoms with Crippen LogP contribution in [0, 0.1) is 6.92 Å². The van der Waals surface area contributed by atoms with Crippen LogP contribution in [0.25, 0.3) is 17.0 Å². The van der Waals surface area contributed by atoms with Crippen LogP contribution in [0.3, 0.4) is 0 Å². The minimum Gasteiger partial charge on any atom is -0.366 e. The number of hydrogen-bond donors (Lipinski definition) is 2. The molecule has 3 aromatic rings. The van der Waals surface area contributed by atoms with Gasteiger partial charge in [-0.2, -0.15) is 5.10 Å². The van der Waals surface area contributed by atoms with Crippen LogP contribution >= 0.6 is 0 Å². The van der Waals surface area contributed by atoms with Crippen LogP contribution in [-0.2, 0) is 0 Å². The van der Waals surface area contributed by atoms with Crippen LogP contribution in [0.15, 0.2) is 36.5 Å². The van der Waals surface area contributed by atoms with Crippen molar-refractivity contribution in [2.75, 3.05) is 18.4 Å². The number of fused-ring (bicyclic) bond motifs is 1. The van der Waals surface area contributed by atoms with Crippen molar-refractivity contribution in [3.8, 4) is 11.4 Å². The summed E-state index contributed by atoms with van der Waals surface area (Å²) < 4.78 is 1.85. The fraction of sp³-hybridized carbons (Fsp3) is 0.312. The Morgan fingerprint density at radius 2 is 2.23 bits per heavy atom. The number of imidazole rings is 1. The predicted molar refractivity (Wildman–Crippen MR) is 85.9 cm³/mol. The van der Waals surface area contributed by atoms with Crippen LogP contribution in [-0.4, -0.2) is 38.7 Å². The maximum Gasteiger partial charge on any atom is 0.154 e. The van der Waals surface area contributed by atoms with Gasteiger partial charge in [-0.15, -0.1) is 0 Å². The van der Waals surface area contributed by atoms with E-state index in [-0.39, 0.29) is 0 Å². The Morgan fingerprint density at radius 3 is 3.09 bits per heavy atom. The lowest BCUT2D eigenvalue weighted by molar-refractivity contribution is 0.788. The molecule has 1 unspecified atom stereocenters. The summed E-state index contributed by atoms with van der Waals surface area (Å²) in [5.41, 5.74) is 3.58. The minimum absolute atomic E-state index is 0.449. The Hall–Kier alpha value is -2.47. The van der Waals surface area contributed by atoms with E-state index in [4.69, 9.17) is 4.98 Å². The number of hydrogen-bond acceptors (Lipinski definition) is 5. The molecule has 22 heavy (non-hydrogen) atoms. The van der Waals surface area contributed by atoms with E-state index >= 15 is 0 Å². The summed E-state index contributed by atoms with van der Waals surface area (Å²) in [7, 11) is 0. The standard InChI is InChI=1S/C16H18N6/c1-11-5-6-16-18-10-14(22(16)21-11)13-3-2-4-15(20-13)19-12-7-8-17-9-12/h2-6,10,12,17H,7-9H2,1H3,(H,19,20). The zero-order valence-electron chi connectivity index (χ0n) is 12.5. The highest BCUT2D eigenvalue weighted by Crippen LogP contribution is 2.20. The molecule has 3 aromatic heterocycles. The molecule has 1 aliphatic heterocycles. The molecule has 0 amide bonds. The maximum atomic E-state index is 4.72. The zero-order valence-corrected chi connectivity index (χ0v) is 12.5. The van der Waals surface area contributed by atoms with Gasteiger partial charge in [-0.05, 0) is 44.2 Å². The van der Waals surface area contributed by atoms with Gasteiger partial charge in [0, 0.05) is 12.6 Å². The van der Waals surface area contributed by atoms with Crippen LogP contribution in [0.5, 0.6) is 0 Å². The summed E-state index contributed by atoms with van der Waals surface area (Å²) in [6, 6.07) is 10.4. The van der Waals surface area contributed by atoms with E-state index in [1.54, 1.807) is 0 Å². The number of pyridine rings is 1. The van der Waals surface area contributed by atoms with Crippen molar-refractivity contribution in [3.63, 3.8) is 0 Å². The predicted octanol–water partition coefficient (Wildman–Crippen LogP) is 1.87. The first kappa shape index (κ1) is 13.2. The van der Waals surface area contributed by atoms with Crippen molar-refractivity contribution in [2.45, 2.75) is 19.4 Å². The largest absolute Gasteiger partial charge is 0.366 e. The molecule has 0 aliphatic carbocycles. The van der Waals surface area contributed by atoms with Crippen molar-refractivity contribution < 1.29 is 0 Å². The Labute approximate surface area is 128 Å². The number of aryl methyl sites for hydroxylation is 1. The molecule has 0 radical (unpaired) electrons. The van der Waals surface area contributed by atoms with E-state index in [0.29, 0.717) is 6.04 Å². The maximum absolute atomic E-state index is 4.72. The molecular weight excluding hydrogens is 276 g/mol. The summed E-state index contributed by atoms with van der Waals surface area (Å²) in [5, 5.41) is 11.4. The molecule has 1 fully saturated rings. The molecule has 4 heterocycles. The average Bonchev–Trinajstić information content (AvgIpc) is 3.16. The highest BCUT2D eigenvalue weighted by Gasteiger charge is 2.15. The van der Waals surface area contributed by atoms with Gasteiger partial charge >= 0.3 is 0 Å². The quantitative estimate of drug-likeness (QED) is 0.772. The van der Waals surface area contributed by atoms with Crippen molar-refractivity contribution >= 4 is 11.5 Å². The number of rotatable bonds is 3. The number of nitrogens with one attached hydrogen (secondary N) is 2. The third kappa shape index (κ3) is 2.42. The Morgan fingerprint density at radius 1 is 1.27 bits per heavy atom. The topological polar surface area (TPSA) is 67.1 Å².